The predicted molar refractivity (Wildman–Crippen MR) is 147 cm³/mol. The topological polar surface area (TPSA) is 88.8 Å². The second kappa shape index (κ2) is 12.0. The third-order valence-corrected chi connectivity index (χ3v) is 6.66. The fraction of sp³-hybridized carbons (Fsp3) is 0.133. The van der Waals surface area contributed by atoms with E-state index in [1.165, 1.54) is 6.07 Å². The van der Waals surface area contributed by atoms with Crippen LogP contribution in [0.4, 0.5) is 23.2 Å². The number of benzene rings is 3. The molecule has 0 amide bonds. The number of halogens is 5. The molecule has 12 heteroatoms. The summed E-state index contributed by atoms with van der Waals surface area (Å²) < 4.78 is 60.7. The minimum atomic E-state index is -4.15. The van der Waals surface area contributed by atoms with Gasteiger partial charge in [0.15, 0.2) is 5.60 Å². The first-order chi connectivity index (χ1) is 20.1. The SMILES string of the molecule is OC(Cn1cnnn1)(c1ccc(F)cc1F)C(F)(F)c1ccc(C#Cc2ccc(CNc3ccc(Cl)cc3)cc2)cn1. The predicted octanol–water partition coefficient (Wildman–Crippen LogP) is 5.69. The van der Waals surface area contributed by atoms with E-state index >= 15 is 8.78 Å². The Balaban J connectivity index is 1.33. The molecule has 3 aromatic carbocycles. The third-order valence-electron chi connectivity index (χ3n) is 6.41. The number of aliphatic hydroxyl groups is 1. The lowest BCUT2D eigenvalue weighted by Gasteiger charge is -2.35. The summed E-state index contributed by atoms with van der Waals surface area (Å²) in [5, 5.41) is 25.4. The minimum absolute atomic E-state index is 0.333. The van der Waals surface area contributed by atoms with Crippen LogP contribution in [-0.2, 0) is 24.6 Å². The Kier molecular flexibility index (Phi) is 8.20. The molecule has 1 atom stereocenters. The van der Waals surface area contributed by atoms with E-state index in [1.807, 2.05) is 36.4 Å². The first-order valence-electron chi connectivity index (χ1n) is 12.5. The van der Waals surface area contributed by atoms with Crippen molar-refractivity contribution in [2.24, 2.45) is 0 Å². The minimum Gasteiger partial charge on any atom is -0.381 e. The van der Waals surface area contributed by atoms with Crippen LogP contribution < -0.4 is 5.32 Å². The summed E-state index contributed by atoms with van der Waals surface area (Å²) in [5.41, 5.74) is -1.93. The zero-order valence-electron chi connectivity index (χ0n) is 21.6. The molecule has 212 valence electrons. The Labute approximate surface area is 242 Å². The lowest BCUT2D eigenvalue weighted by molar-refractivity contribution is -0.207. The van der Waals surface area contributed by atoms with E-state index in [-0.39, 0.29) is 0 Å². The number of rotatable bonds is 8. The highest BCUT2D eigenvalue weighted by Crippen LogP contribution is 2.46. The molecule has 5 aromatic rings. The van der Waals surface area contributed by atoms with Gasteiger partial charge < -0.3 is 10.4 Å². The van der Waals surface area contributed by atoms with Crippen molar-refractivity contribution in [2.75, 3.05) is 5.32 Å². The largest absolute Gasteiger partial charge is 0.381 e. The number of nitrogens with zero attached hydrogens (tertiary/aromatic N) is 5. The summed E-state index contributed by atoms with van der Waals surface area (Å²) in [6.07, 6.45) is 2.11. The van der Waals surface area contributed by atoms with E-state index < -0.39 is 41.0 Å². The molecule has 2 aromatic heterocycles. The van der Waals surface area contributed by atoms with Gasteiger partial charge in [-0.25, -0.2) is 13.5 Å². The molecule has 2 heterocycles. The molecule has 0 bridgehead atoms. The maximum atomic E-state index is 15.9. The monoisotopic (exact) mass is 592 g/mol. The van der Waals surface area contributed by atoms with Gasteiger partial charge in [0.1, 0.15) is 23.7 Å². The van der Waals surface area contributed by atoms with Crippen LogP contribution in [0.25, 0.3) is 0 Å². The summed E-state index contributed by atoms with van der Waals surface area (Å²) in [4.78, 5) is 3.82. The van der Waals surface area contributed by atoms with Gasteiger partial charge in [0.2, 0.25) is 0 Å². The highest BCUT2D eigenvalue weighted by atomic mass is 35.5. The molecule has 0 spiro atoms. The van der Waals surface area contributed by atoms with E-state index in [2.05, 4.69) is 37.7 Å². The molecule has 2 N–H and O–H groups in total. The van der Waals surface area contributed by atoms with Gasteiger partial charge in [0, 0.05) is 46.2 Å². The zero-order valence-corrected chi connectivity index (χ0v) is 22.4. The van der Waals surface area contributed by atoms with Crippen LogP contribution in [-0.4, -0.2) is 30.3 Å². The van der Waals surface area contributed by atoms with Gasteiger partial charge in [-0.15, -0.1) is 5.10 Å². The maximum Gasteiger partial charge on any atom is 0.323 e. The molecule has 0 aliphatic carbocycles. The van der Waals surface area contributed by atoms with E-state index in [9.17, 15) is 13.9 Å². The number of pyridine rings is 1. The van der Waals surface area contributed by atoms with Crippen LogP contribution in [0.5, 0.6) is 0 Å². The molecule has 0 saturated carbocycles. The average molecular weight is 593 g/mol. The first-order valence-corrected chi connectivity index (χ1v) is 12.9. The Hall–Kier alpha value is -4.79. The van der Waals surface area contributed by atoms with E-state index in [0.29, 0.717) is 28.8 Å². The van der Waals surface area contributed by atoms with Gasteiger partial charge >= 0.3 is 5.92 Å². The molecule has 0 saturated heterocycles. The quantitative estimate of drug-likeness (QED) is 0.178. The van der Waals surface area contributed by atoms with Crippen LogP contribution in [0.2, 0.25) is 5.02 Å². The maximum absolute atomic E-state index is 15.9. The molecular weight excluding hydrogens is 572 g/mol. The fourth-order valence-electron chi connectivity index (χ4n) is 4.15. The van der Waals surface area contributed by atoms with Crippen LogP contribution in [0.1, 0.15) is 27.9 Å². The van der Waals surface area contributed by atoms with Crippen molar-refractivity contribution in [1.29, 1.82) is 0 Å². The summed E-state index contributed by atoms with van der Waals surface area (Å²) in [6, 6.07) is 19.1. The van der Waals surface area contributed by atoms with Crippen molar-refractivity contribution < 1.29 is 22.7 Å². The highest BCUT2D eigenvalue weighted by Gasteiger charge is 2.58. The van der Waals surface area contributed by atoms with Gasteiger partial charge in [-0.2, -0.15) is 8.78 Å². The number of hydrogen-bond acceptors (Lipinski definition) is 6. The molecule has 42 heavy (non-hydrogen) atoms. The fourth-order valence-corrected chi connectivity index (χ4v) is 4.28. The Morgan fingerprint density at radius 3 is 2.26 bits per heavy atom. The average Bonchev–Trinajstić information content (AvgIpc) is 3.49. The van der Waals surface area contributed by atoms with Crippen molar-refractivity contribution >= 4 is 17.3 Å². The number of nitrogens with one attached hydrogen (secondary N) is 1. The van der Waals surface area contributed by atoms with Crippen molar-refractivity contribution in [3.8, 4) is 11.8 Å². The lowest BCUT2D eigenvalue weighted by Crippen LogP contribution is -2.48. The summed E-state index contributed by atoms with van der Waals surface area (Å²) in [7, 11) is 0. The van der Waals surface area contributed by atoms with Crippen molar-refractivity contribution in [3.05, 3.63) is 136 Å². The molecule has 0 aliphatic rings. The van der Waals surface area contributed by atoms with Crippen LogP contribution >= 0.6 is 11.6 Å². The molecular formula is C30H21ClF4N6O. The van der Waals surface area contributed by atoms with E-state index in [4.69, 9.17) is 11.6 Å². The number of anilines is 1. The van der Waals surface area contributed by atoms with Crippen molar-refractivity contribution in [3.63, 3.8) is 0 Å². The molecule has 0 fully saturated rings. The van der Waals surface area contributed by atoms with Crippen LogP contribution in [0.15, 0.2) is 91.4 Å². The highest BCUT2D eigenvalue weighted by molar-refractivity contribution is 6.30. The van der Waals surface area contributed by atoms with E-state index in [1.54, 1.807) is 12.1 Å². The van der Waals surface area contributed by atoms with Gasteiger partial charge in [-0.3, -0.25) is 4.98 Å². The molecule has 0 aliphatic heterocycles. The van der Waals surface area contributed by atoms with Crippen molar-refractivity contribution in [1.82, 2.24) is 25.2 Å². The van der Waals surface area contributed by atoms with Crippen LogP contribution in [0.3, 0.4) is 0 Å². The zero-order chi connectivity index (χ0) is 29.7. The second-order valence-corrected chi connectivity index (χ2v) is 9.74. The van der Waals surface area contributed by atoms with Gasteiger partial charge in [-0.05, 0) is 76.7 Å². The molecule has 1 unspecified atom stereocenters. The Bertz CT molecular complexity index is 1720. The summed E-state index contributed by atoms with van der Waals surface area (Å²) in [6.45, 7) is -0.347. The lowest BCUT2D eigenvalue weighted by atomic mass is 9.84. The van der Waals surface area contributed by atoms with Gasteiger partial charge in [0.25, 0.3) is 0 Å². The number of hydrogen-bond donors (Lipinski definition) is 2. The van der Waals surface area contributed by atoms with Gasteiger partial charge in [0.05, 0.1) is 6.54 Å². The molecule has 0 radical (unpaired) electrons. The van der Waals surface area contributed by atoms with E-state index in [0.717, 1.165) is 46.7 Å². The number of aromatic nitrogens is 5. The standard InChI is InChI=1S/C30H21ClF4N6O/c31-23-8-11-25(12-9-23)36-16-21-4-1-20(2-5-21)3-6-22-7-14-28(37-17-22)30(34,35)29(42,18-41-19-38-39-40-41)26-13-10-24(32)15-27(26)33/h1-2,4-5,7-15,17,19,36,42H,16,18H2. The number of tetrazole rings is 1. The Morgan fingerprint density at radius 1 is 0.905 bits per heavy atom. The summed E-state index contributed by atoms with van der Waals surface area (Å²) in [5.74, 6) is -0.690. The first kappa shape index (κ1) is 28.7. The molecule has 5 rings (SSSR count). The second-order valence-electron chi connectivity index (χ2n) is 9.31. The van der Waals surface area contributed by atoms with Crippen molar-refractivity contribution in [2.45, 2.75) is 24.6 Å². The van der Waals surface area contributed by atoms with Crippen LogP contribution in [0, 0.1) is 23.5 Å². The molecule has 7 nitrogen and oxygen atoms in total. The third kappa shape index (κ3) is 6.25. The number of alkyl halides is 2. The summed E-state index contributed by atoms with van der Waals surface area (Å²) >= 11 is 5.90. The Morgan fingerprint density at radius 2 is 1.62 bits per heavy atom. The normalized spacial score (nSPS) is 12.7. The van der Waals surface area contributed by atoms with Gasteiger partial charge in [-0.1, -0.05) is 35.6 Å². The smallest absolute Gasteiger partial charge is 0.323 e.